The molecule has 4 rings (SSSR count). The van der Waals surface area contributed by atoms with Gasteiger partial charge in [0.2, 0.25) is 5.91 Å². The maximum absolute atomic E-state index is 13.3. The molecule has 2 aromatic heterocycles. The lowest BCUT2D eigenvalue weighted by atomic mass is 10.00. The van der Waals surface area contributed by atoms with E-state index in [1.54, 1.807) is 4.68 Å². The fourth-order valence-electron chi connectivity index (χ4n) is 4.74. The van der Waals surface area contributed by atoms with Gasteiger partial charge in [-0.25, -0.2) is 4.98 Å². The third kappa shape index (κ3) is 4.18. The number of hydrogen-bond acceptors (Lipinski definition) is 5. The van der Waals surface area contributed by atoms with Gasteiger partial charge in [0.05, 0.1) is 23.0 Å². The fraction of sp³-hybridized carbons (Fsp3) is 0.652. The monoisotopic (exact) mass is 426 g/mol. The van der Waals surface area contributed by atoms with Gasteiger partial charge in [-0.15, -0.1) is 0 Å². The van der Waals surface area contributed by atoms with E-state index in [1.807, 2.05) is 25.7 Å². The van der Waals surface area contributed by atoms with Crippen molar-refractivity contribution in [2.75, 3.05) is 13.1 Å². The quantitative estimate of drug-likeness (QED) is 0.811. The largest absolute Gasteiger partial charge is 0.331 e. The number of nitrogens with one attached hydrogen (secondary N) is 1. The van der Waals surface area contributed by atoms with E-state index in [0.29, 0.717) is 25.0 Å². The van der Waals surface area contributed by atoms with Crippen molar-refractivity contribution < 1.29 is 4.79 Å². The molecule has 2 aromatic rings. The molecular formula is C23H34N6O2. The van der Waals surface area contributed by atoms with E-state index >= 15 is 0 Å². The van der Waals surface area contributed by atoms with E-state index in [1.165, 1.54) is 0 Å². The zero-order valence-electron chi connectivity index (χ0n) is 19.4. The SMILES string of the molecule is Cc1nn(CC(=O)N2CCCCC2c2nc3c(c(=O)[nH]2)CN(C(C)C)CC3)c(C)c1C. The second kappa shape index (κ2) is 8.57. The van der Waals surface area contributed by atoms with E-state index in [2.05, 4.69) is 28.8 Å². The van der Waals surface area contributed by atoms with Crippen molar-refractivity contribution >= 4 is 5.91 Å². The number of aromatic nitrogens is 4. The first-order valence-corrected chi connectivity index (χ1v) is 11.4. The number of hydrogen-bond donors (Lipinski definition) is 1. The second-order valence-electron chi connectivity index (χ2n) is 9.24. The fourth-order valence-corrected chi connectivity index (χ4v) is 4.74. The van der Waals surface area contributed by atoms with Crippen LogP contribution < -0.4 is 5.56 Å². The van der Waals surface area contributed by atoms with Crippen LogP contribution in [0.5, 0.6) is 0 Å². The molecule has 1 amide bonds. The van der Waals surface area contributed by atoms with Crippen LogP contribution in [-0.2, 0) is 24.3 Å². The van der Waals surface area contributed by atoms with Crippen molar-refractivity contribution in [3.63, 3.8) is 0 Å². The Morgan fingerprint density at radius 2 is 1.97 bits per heavy atom. The number of nitrogens with zero attached hydrogens (tertiary/aromatic N) is 5. The Hall–Kier alpha value is -2.48. The zero-order chi connectivity index (χ0) is 22.3. The topological polar surface area (TPSA) is 87.1 Å². The maximum Gasteiger partial charge on any atom is 0.255 e. The number of piperidine rings is 1. The summed E-state index contributed by atoms with van der Waals surface area (Å²) in [4.78, 5) is 38.2. The van der Waals surface area contributed by atoms with Crippen LogP contribution in [0.4, 0.5) is 0 Å². The highest BCUT2D eigenvalue weighted by Gasteiger charge is 2.32. The maximum atomic E-state index is 13.3. The summed E-state index contributed by atoms with van der Waals surface area (Å²) in [6.07, 6.45) is 3.59. The van der Waals surface area contributed by atoms with Gasteiger partial charge in [0.15, 0.2) is 0 Å². The van der Waals surface area contributed by atoms with Gasteiger partial charge < -0.3 is 9.88 Å². The molecule has 0 saturated carbocycles. The predicted octanol–water partition coefficient (Wildman–Crippen LogP) is 2.41. The van der Waals surface area contributed by atoms with Gasteiger partial charge in [0, 0.05) is 37.8 Å². The molecule has 0 bridgehead atoms. The summed E-state index contributed by atoms with van der Waals surface area (Å²) in [6, 6.07) is 0.220. The van der Waals surface area contributed by atoms with Gasteiger partial charge >= 0.3 is 0 Å². The van der Waals surface area contributed by atoms with Crippen molar-refractivity contribution in [3.8, 4) is 0 Å². The Morgan fingerprint density at radius 1 is 1.19 bits per heavy atom. The van der Waals surface area contributed by atoms with E-state index < -0.39 is 0 Å². The molecule has 8 nitrogen and oxygen atoms in total. The number of carbonyl (C=O) groups excluding carboxylic acids is 1. The molecular weight excluding hydrogens is 392 g/mol. The summed E-state index contributed by atoms with van der Waals surface area (Å²) in [7, 11) is 0. The average molecular weight is 427 g/mol. The molecule has 0 spiro atoms. The van der Waals surface area contributed by atoms with Crippen molar-refractivity contribution in [2.24, 2.45) is 0 Å². The van der Waals surface area contributed by atoms with E-state index in [-0.39, 0.29) is 24.1 Å². The number of aromatic amines is 1. The predicted molar refractivity (Wildman–Crippen MR) is 119 cm³/mol. The number of likely N-dealkylation sites (tertiary alicyclic amines) is 1. The van der Waals surface area contributed by atoms with Crippen molar-refractivity contribution in [2.45, 2.75) is 85.5 Å². The van der Waals surface area contributed by atoms with Crippen LogP contribution in [0, 0.1) is 20.8 Å². The lowest BCUT2D eigenvalue weighted by molar-refractivity contribution is -0.136. The molecule has 1 N–H and O–H groups in total. The minimum Gasteiger partial charge on any atom is -0.331 e. The first-order chi connectivity index (χ1) is 14.8. The molecule has 31 heavy (non-hydrogen) atoms. The molecule has 2 aliphatic rings. The number of amides is 1. The zero-order valence-corrected chi connectivity index (χ0v) is 19.4. The van der Waals surface area contributed by atoms with Crippen LogP contribution in [-0.4, -0.2) is 54.6 Å². The minimum atomic E-state index is -0.180. The van der Waals surface area contributed by atoms with Gasteiger partial charge in [-0.3, -0.25) is 19.2 Å². The van der Waals surface area contributed by atoms with Crippen LogP contribution in [0.15, 0.2) is 4.79 Å². The Balaban J connectivity index is 1.59. The third-order valence-corrected chi connectivity index (χ3v) is 7.01. The lowest BCUT2D eigenvalue weighted by Crippen LogP contribution is -2.43. The number of carbonyl (C=O) groups is 1. The van der Waals surface area contributed by atoms with E-state index in [4.69, 9.17) is 4.98 Å². The van der Waals surface area contributed by atoms with Gasteiger partial charge in [0.1, 0.15) is 12.4 Å². The normalized spacial score (nSPS) is 19.7. The molecule has 1 atom stereocenters. The van der Waals surface area contributed by atoms with E-state index in [9.17, 15) is 9.59 Å². The molecule has 1 fully saturated rings. The molecule has 0 radical (unpaired) electrons. The van der Waals surface area contributed by atoms with Crippen LogP contribution in [0.2, 0.25) is 0 Å². The minimum absolute atomic E-state index is 0.0293. The molecule has 0 aliphatic carbocycles. The molecule has 2 aliphatic heterocycles. The molecule has 1 unspecified atom stereocenters. The van der Waals surface area contributed by atoms with Crippen LogP contribution in [0.1, 0.15) is 73.2 Å². The van der Waals surface area contributed by atoms with E-state index in [0.717, 1.165) is 60.4 Å². The molecule has 1 saturated heterocycles. The van der Waals surface area contributed by atoms with Crippen LogP contribution in [0.3, 0.4) is 0 Å². The Labute approximate surface area is 183 Å². The summed E-state index contributed by atoms with van der Waals surface area (Å²) in [5, 5.41) is 4.53. The summed E-state index contributed by atoms with van der Waals surface area (Å²) < 4.78 is 1.79. The van der Waals surface area contributed by atoms with Gasteiger partial charge in [0.25, 0.3) is 5.56 Å². The van der Waals surface area contributed by atoms with Gasteiger partial charge in [-0.05, 0) is 59.4 Å². The summed E-state index contributed by atoms with van der Waals surface area (Å²) in [5.41, 5.74) is 4.71. The first kappa shape index (κ1) is 21.7. The van der Waals surface area contributed by atoms with Crippen LogP contribution >= 0.6 is 0 Å². The van der Waals surface area contributed by atoms with Gasteiger partial charge in [-0.2, -0.15) is 5.10 Å². The standard InChI is InChI=1S/C23H34N6O2/c1-14(2)27-11-9-19-18(12-27)23(31)25-22(24-19)20-8-6-7-10-28(20)21(30)13-29-17(5)15(3)16(4)26-29/h14,20H,6-13H2,1-5H3,(H,24,25,31). The van der Waals surface area contributed by atoms with Crippen molar-refractivity contribution in [3.05, 3.63) is 44.4 Å². The summed E-state index contributed by atoms with van der Waals surface area (Å²) in [6.45, 7) is 12.7. The number of aryl methyl sites for hydroxylation is 1. The average Bonchev–Trinajstić information content (AvgIpc) is 2.99. The lowest BCUT2D eigenvalue weighted by Gasteiger charge is -2.36. The highest BCUT2D eigenvalue weighted by molar-refractivity contribution is 5.76. The number of fused-ring (bicyclic) bond motifs is 1. The van der Waals surface area contributed by atoms with Crippen molar-refractivity contribution in [1.82, 2.24) is 29.5 Å². The smallest absolute Gasteiger partial charge is 0.255 e. The highest BCUT2D eigenvalue weighted by Crippen LogP contribution is 2.30. The third-order valence-electron chi connectivity index (χ3n) is 7.01. The number of rotatable bonds is 4. The van der Waals surface area contributed by atoms with Crippen LogP contribution in [0.25, 0.3) is 0 Å². The molecule has 4 heterocycles. The number of H-pyrrole nitrogens is 1. The Morgan fingerprint density at radius 3 is 2.65 bits per heavy atom. The molecule has 168 valence electrons. The first-order valence-electron chi connectivity index (χ1n) is 11.4. The molecule has 8 heteroatoms. The Kier molecular flexibility index (Phi) is 6.01. The summed E-state index contributed by atoms with van der Waals surface area (Å²) in [5.74, 6) is 0.668. The summed E-state index contributed by atoms with van der Waals surface area (Å²) >= 11 is 0. The van der Waals surface area contributed by atoms with Gasteiger partial charge in [-0.1, -0.05) is 0 Å². The molecule has 0 aromatic carbocycles. The Bertz CT molecular complexity index is 1040. The van der Waals surface area contributed by atoms with Crippen molar-refractivity contribution in [1.29, 1.82) is 0 Å². The highest BCUT2D eigenvalue weighted by atomic mass is 16.2. The second-order valence-corrected chi connectivity index (χ2v) is 9.24.